The summed E-state index contributed by atoms with van der Waals surface area (Å²) in [6.07, 6.45) is 13.3. The van der Waals surface area contributed by atoms with E-state index in [2.05, 4.69) is 80.0 Å². The van der Waals surface area contributed by atoms with E-state index in [1.54, 1.807) is 4.68 Å². The Balaban J connectivity index is 0.00000150. The second-order valence-corrected chi connectivity index (χ2v) is 15.8. The molecular formula is C40H53N11O4. The standard InChI is InChI=1S/C39H51N11O2.CH2O2/c1-27-11-7-8-20-48(27)38-44-43-35-17-14-29(26-49(35)38)52-33-16-15-32(30-12-5-6-13-31(30)33)41-37(51)42-36-23-34(39(2,3)4)45-50(36)28-24-40-47(25-28)22-21-46-18-9-10-19-46;2-1-3/h5-6,12-14,17,23-27,32-33H,7-11,15-16,18-22H2,1-4H3,(H2,41,42,51);1H,(H,2,3). The molecule has 292 valence electrons. The van der Waals surface area contributed by atoms with Crippen molar-refractivity contribution in [1.29, 1.82) is 0 Å². The molecule has 55 heavy (non-hydrogen) atoms. The molecule has 15 nitrogen and oxygen atoms in total. The Bertz CT molecular complexity index is 2080. The Labute approximate surface area is 321 Å². The summed E-state index contributed by atoms with van der Waals surface area (Å²) in [4.78, 5) is 26.9. The smallest absolute Gasteiger partial charge is 0.320 e. The topological polar surface area (TPSA) is 160 Å². The summed E-state index contributed by atoms with van der Waals surface area (Å²) in [5, 5.41) is 31.8. The second-order valence-electron chi connectivity index (χ2n) is 15.8. The summed E-state index contributed by atoms with van der Waals surface area (Å²) in [5.41, 5.74) is 4.45. The molecule has 8 rings (SSSR count). The maximum Gasteiger partial charge on any atom is 0.320 e. The first-order valence-electron chi connectivity index (χ1n) is 19.5. The molecule has 1 aromatic carbocycles. The first-order valence-corrected chi connectivity index (χ1v) is 19.5. The fourth-order valence-corrected chi connectivity index (χ4v) is 7.89. The monoisotopic (exact) mass is 751 g/mol. The van der Waals surface area contributed by atoms with Crippen LogP contribution in [0.4, 0.5) is 16.6 Å². The van der Waals surface area contributed by atoms with Gasteiger partial charge < -0.3 is 25.0 Å². The molecule has 0 bridgehead atoms. The van der Waals surface area contributed by atoms with Gasteiger partial charge in [0.2, 0.25) is 5.95 Å². The molecule has 0 radical (unpaired) electrons. The third-order valence-electron chi connectivity index (χ3n) is 10.9. The maximum atomic E-state index is 13.7. The van der Waals surface area contributed by atoms with Crippen LogP contribution in [0, 0.1) is 0 Å². The number of piperidine rings is 1. The van der Waals surface area contributed by atoms with Gasteiger partial charge in [-0.2, -0.15) is 10.2 Å². The third kappa shape index (κ3) is 8.61. The first-order chi connectivity index (χ1) is 26.6. The quantitative estimate of drug-likeness (QED) is 0.145. The number of likely N-dealkylation sites (tertiary alicyclic amines) is 1. The predicted molar refractivity (Wildman–Crippen MR) is 210 cm³/mol. The van der Waals surface area contributed by atoms with Crippen molar-refractivity contribution in [2.24, 2.45) is 0 Å². The van der Waals surface area contributed by atoms with Crippen molar-refractivity contribution in [1.82, 2.24) is 44.4 Å². The number of ether oxygens (including phenoxy) is 1. The average Bonchev–Trinajstić information content (AvgIpc) is 4.00. The van der Waals surface area contributed by atoms with Gasteiger partial charge in [0, 0.05) is 30.6 Å². The molecule has 1 aliphatic carbocycles. The van der Waals surface area contributed by atoms with Crippen LogP contribution in [0.2, 0.25) is 0 Å². The number of benzene rings is 1. The second kappa shape index (κ2) is 16.5. The van der Waals surface area contributed by atoms with Gasteiger partial charge in [0.05, 0.1) is 36.9 Å². The molecule has 15 heteroatoms. The zero-order chi connectivity index (χ0) is 38.5. The van der Waals surface area contributed by atoms with Gasteiger partial charge in [-0.05, 0) is 88.2 Å². The fraction of sp³-hybridized carbons (Fsp3) is 0.500. The van der Waals surface area contributed by atoms with E-state index in [0.29, 0.717) is 11.9 Å². The summed E-state index contributed by atoms with van der Waals surface area (Å²) < 4.78 is 12.5. The summed E-state index contributed by atoms with van der Waals surface area (Å²) >= 11 is 0. The Morgan fingerprint density at radius 3 is 2.49 bits per heavy atom. The van der Waals surface area contributed by atoms with E-state index in [-0.39, 0.29) is 30.1 Å². The largest absolute Gasteiger partial charge is 0.484 e. The van der Waals surface area contributed by atoms with Gasteiger partial charge in [-0.25, -0.2) is 9.48 Å². The van der Waals surface area contributed by atoms with Crippen LogP contribution in [0.3, 0.4) is 0 Å². The highest BCUT2D eigenvalue weighted by atomic mass is 16.5. The van der Waals surface area contributed by atoms with Crippen molar-refractivity contribution in [2.75, 3.05) is 36.4 Å². The summed E-state index contributed by atoms with van der Waals surface area (Å²) in [5.74, 6) is 2.24. The molecule has 6 heterocycles. The SMILES string of the molecule is CC1CCCCN1c1nnc2ccc(OC3CCC(NC(=O)Nc4cc(C(C)(C)C)nn4-c4cnn(CCN5CCCC5)c4)c4ccccc43)cn12.O=CO. The first kappa shape index (κ1) is 37.9. The van der Waals surface area contributed by atoms with E-state index in [1.165, 1.54) is 19.3 Å². The van der Waals surface area contributed by atoms with Crippen LogP contribution < -0.4 is 20.3 Å². The minimum Gasteiger partial charge on any atom is -0.484 e. The van der Waals surface area contributed by atoms with Crippen molar-refractivity contribution < 1.29 is 19.4 Å². The number of aromatic nitrogens is 7. The van der Waals surface area contributed by atoms with Gasteiger partial charge in [0.15, 0.2) is 5.65 Å². The molecule has 2 saturated heterocycles. The lowest BCUT2D eigenvalue weighted by molar-refractivity contribution is -0.122. The summed E-state index contributed by atoms with van der Waals surface area (Å²) in [6, 6.07) is 14.1. The van der Waals surface area contributed by atoms with Crippen LogP contribution in [-0.2, 0) is 16.8 Å². The minimum atomic E-state index is -0.278. The molecule has 4 aromatic heterocycles. The number of nitrogens with zero attached hydrogens (tertiary/aromatic N) is 9. The number of pyridine rings is 1. The number of rotatable bonds is 9. The zero-order valence-corrected chi connectivity index (χ0v) is 32.3. The Kier molecular flexibility index (Phi) is 11.4. The van der Waals surface area contributed by atoms with Gasteiger partial charge in [-0.15, -0.1) is 10.2 Å². The van der Waals surface area contributed by atoms with Gasteiger partial charge in [0.25, 0.3) is 6.47 Å². The molecule has 3 unspecified atom stereocenters. The number of urea groups is 1. The number of amides is 2. The molecule has 0 spiro atoms. The van der Waals surface area contributed by atoms with Crippen molar-refractivity contribution in [2.45, 2.75) is 103 Å². The lowest BCUT2D eigenvalue weighted by atomic mass is 9.85. The number of carboxylic acid groups (broad SMARTS) is 1. The highest BCUT2D eigenvalue weighted by Gasteiger charge is 2.31. The molecule has 3 N–H and O–H groups in total. The van der Waals surface area contributed by atoms with Crippen molar-refractivity contribution in [3.63, 3.8) is 0 Å². The van der Waals surface area contributed by atoms with Crippen LogP contribution in [-0.4, -0.2) is 88.9 Å². The molecule has 3 aliphatic rings. The van der Waals surface area contributed by atoms with E-state index in [1.807, 2.05) is 53.6 Å². The normalized spacial score (nSPS) is 20.1. The Morgan fingerprint density at radius 1 is 0.964 bits per heavy atom. The average molecular weight is 752 g/mol. The fourth-order valence-electron chi connectivity index (χ4n) is 7.89. The zero-order valence-electron chi connectivity index (χ0n) is 32.3. The number of carbonyl (C=O) groups excluding carboxylic acids is 1. The van der Waals surface area contributed by atoms with Crippen LogP contribution in [0.15, 0.2) is 61.1 Å². The highest BCUT2D eigenvalue weighted by molar-refractivity contribution is 5.89. The van der Waals surface area contributed by atoms with Gasteiger partial charge in [0.1, 0.15) is 23.4 Å². The molecule has 5 aromatic rings. The van der Waals surface area contributed by atoms with Gasteiger partial charge in [-0.3, -0.25) is 19.2 Å². The molecule has 3 atom stereocenters. The molecule has 2 aliphatic heterocycles. The maximum absolute atomic E-state index is 13.7. The number of fused-ring (bicyclic) bond motifs is 2. The molecule has 0 saturated carbocycles. The Hall–Kier alpha value is -5.44. The third-order valence-corrected chi connectivity index (χ3v) is 10.9. The van der Waals surface area contributed by atoms with Crippen LogP contribution in [0.5, 0.6) is 5.75 Å². The van der Waals surface area contributed by atoms with Gasteiger partial charge >= 0.3 is 6.03 Å². The van der Waals surface area contributed by atoms with E-state index in [4.69, 9.17) is 19.7 Å². The number of nitrogens with one attached hydrogen (secondary N) is 2. The van der Waals surface area contributed by atoms with E-state index in [0.717, 1.165) is 98.3 Å². The summed E-state index contributed by atoms with van der Waals surface area (Å²) in [6.45, 7) is 13.5. The van der Waals surface area contributed by atoms with Crippen LogP contribution in [0.1, 0.15) is 102 Å². The highest BCUT2D eigenvalue weighted by Crippen LogP contribution is 2.39. The van der Waals surface area contributed by atoms with Gasteiger partial charge in [-0.1, -0.05) is 45.0 Å². The van der Waals surface area contributed by atoms with Crippen LogP contribution in [0.25, 0.3) is 11.3 Å². The lowest BCUT2D eigenvalue weighted by Crippen LogP contribution is -2.38. The Morgan fingerprint density at radius 2 is 1.73 bits per heavy atom. The molecular weight excluding hydrogens is 699 g/mol. The van der Waals surface area contributed by atoms with Crippen molar-refractivity contribution in [3.8, 4) is 11.4 Å². The van der Waals surface area contributed by atoms with E-state index < -0.39 is 0 Å². The van der Waals surface area contributed by atoms with E-state index >= 15 is 0 Å². The minimum absolute atomic E-state index is 0.151. The predicted octanol–water partition coefficient (Wildman–Crippen LogP) is 6.36. The van der Waals surface area contributed by atoms with Crippen LogP contribution >= 0.6 is 0 Å². The van der Waals surface area contributed by atoms with E-state index in [9.17, 15) is 4.79 Å². The number of hydrogen-bond acceptors (Lipinski definition) is 9. The van der Waals surface area contributed by atoms with Crippen molar-refractivity contribution in [3.05, 3.63) is 77.9 Å². The van der Waals surface area contributed by atoms with Crippen molar-refractivity contribution >= 4 is 29.9 Å². The molecule has 2 amide bonds. The molecule has 2 fully saturated rings. The summed E-state index contributed by atoms with van der Waals surface area (Å²) in [7, 11) is 0. The number of anilines is 2. The number of hydrogen-bond donors (Lipinski definition) is 3. The number of carbonyl (C=O) groups is 2. The lowest BCUT2D eigenvalue weighted by Gasteiger charge is -2.33.